The van der Waals surface area contributed by atoms with Crippen LogP contribution < -0.4 is 0 Å². The predicted molar refractivity (Wildman–Crippen MR) is 137 cm³/mol. The lowest BCUT2D eigenvalue weighted by molar-refractivity contribution is -0.0610. The number of carbonyl (C=O) groups is 1. The maximum Gasteiger partial charge on any atom is 0.412 e. The third-order valence-electron chi connectivity index (χ3n) is 7.35. The van der Waals surface area contributed by atoms with Gasteiger partial charge in [-0.05, 0) is 69.9 Å². The van der Waals surface area contributed by atoms with Crippen molar-refractivity contribution in [3.63, 3.8) is 0 Å². The summed E-state index contributed by atoms with van der Waals surface area (Å²) < 4.78 is 25.0. The third kappa shape index (κ3) is 7.55. The van der Waals surface area contributed by atoms with Gasteiger partial charge < -0.3 is 18.3 Å². The van der Waals surface area contributed by atoms with Crippen molar-refractivity contribution in [1.29, 1.82) is 0 Å². The number of ether oxygens (including phenoxy) is 2. The van der Waals surface area contributed by atoms with Gasteiger partial charge in [0.15, 0.2) is 16.6 Å². The van der Waals surface area contributed by atoms with Crippen molar-refractivity contribution in [2.24, 2.45) is 0 Å². The second kappa shape index (κ2) is 10.1. The van der Waals surface area contributed by atoms with Crippen LogP contribution in [-0.4, -0.2) is 65.3 Å². The number of rotatable bonds is 7. The van der Waals surface area contributed by atoms with E-state index in [0.717, 1.165) is 12.8 Å². The van der Waals surface area contributed by atoms with Gasteiger partial charge in [0.1, 0.15) is 11.8 Å². The van der Waals surface area contributed by atoms with E-state index in [1.54, 1.807) is 12.0 Å². The summed E-state index contributed by atoms with van der Waals surface area (Å²) in [5.41, 5.74) is -0.573. The number of likely N-dealkylation sites (tertiary alicyclic amines) is 1. The van der Waals surface area contributed by atoms with Gasteiger partial charge in [0.2, 0.25) is 0 Å². The van der Waals surface area contributed by atoms with E-state index in [-0.39, 0.29) is 34.5 Å². The largest absolute Gasteiger partial charge is 0.444 e. The molecule has 1 fully saturated rings. The first-order valence-electron chi connectivity index (χ1n) is 12.0. The van der Waals surface area contributed by atoms with Crippen LogP contribution in [0.4, 0.5) is 4.79 Å². The maximum absolute atomic E-state index is 13.2. The van der Waals surface area contributed by atoms with E-state index < -0.39 is 22.2 Å². The lowest BCUT2D eigenvalue weighted by Gasteiger charge is -2.44. The predicted octanol–water partition coefficient (Wildman–Crippen LogP) is 6.77. The summed E-state index contributed by atoms with van der Waals surface area (Å²) in [6.07, 6.45) is 0.685. The van der Waals surface area contributed by atoms with Gasteiger partial charge in [0, 0.05) is 7.11 Å². The molecule has 0 aromatic heterocycles. The minimum absolute atomic E-state index is 0.0538. The summed E-state index contributed by atoms with van der Waals surface area (Å²) in [4.78, 5) is 15.0. The quantitative estimate of drug-likeness (QED) is 0.369. The fourth-order valence-corrected chi connectivity index (χ4v) is 5.60. The average molecular weight is 490 g/mol. The summed E-state index contributed by atoms with van der Waals surface area (Å²) in [6, 6.07) is -0.145. The number of hydrogen-bond donors (Lipinski definition) is 0. The van der Waals surface area contributed by atoms with Crippen molar-refractivity contribution in [1.82, 2.24) is 4.90 Å². The zero-order valence-electron chi connectivity index (χ0n) is 23.3. The van der Waals surface area contributed by atoms with E-state index >= 15 is 0 Å². The first-order valence-corrected chi connectivity index (χ1v) is 17.8. The Hall–Kier alpha value is -0.416. The lowest BCUT2D eigenvalue weighted by Crippen LogP contribution is -2.56. The zero-order valence-corrected chi connectivity index (χ0v) is 25.3. The van der Waals surface area contributed by atoms with Crippen molar-refractivity contribution < 1.29 is 23.1 Å². The molecule has 0 saturated carbocycles. The fraction of sp³-hybridized carbons (Fsp3) is 0.958. The Morgan fingerprint density at radius 1 is 0.906 bits per heavy atom. The monoisotopic (exact) mass is 489 g/mol. The summed E-state index contributed by atoms with van der Waals surface area (Å²) in [5.74, 6) is 0. The number of amides is 1. The molecular formula is C24H51NO5Si2. The fourth-order valence-electron chi connectivity index (χ4n) is 3.25. The molecule has 3 atom stereocenters. The van der Waals surface area contributed by atoms with Gasteiger partial charge in [-0.2, -0.15) is 0 Å². The molecule has 6 nitrogen and oxygen atoms in total. The van der Waals surface area contributed by atoms with Gasteiger partial charge in [-0.25, -0.2) is 4.79 Å². The zero-order chi connectivity index (χ0) is 25.3. The van der Waals surface area contributed by atoms with E-state index in [9.17, 15) is 4.79 Å². The van der Waals surface area contributed by atoms with Crippen LogP contribution in [0.3, 0.4) is 0 Å². The Bertz CT molecular complexity index is 632. The third-order valence-corrected chi connectivity index (χ3v) is 16.4. The molecule has 190 valence electrons. The molecule has 0 aromatic carbocycles. The van der Waals surface area contributed by atoms with Gasteiger partial charge >= 0.3 is 6.09 Å². The second-order valence-corrected chi connectivity index (χ2v) is 22.8. The van der Waals surface area contributed by atoms with Crippen molar-refractivity contribution >= 4 is 22.7 Å². The molecule has 1 amide bonds. The van der Waals surface area contributed by atoms with Crippen molar-refractivity contribution in [3.05, 3.63) is 0 Å². The summed E-state index contributed by atoms with van der Waals surface area (Å²) in [5, 5.41) is 0.155. The van der Waals surface area contributed by atoms with Crippen LogP contribution in [0.5, 0.6) is 0 Å². The molecule has 8 heteroatoms. The molecule has 0 aromatic rings. The van der Waals surface area contributed by atoms with Crippen LogP contribution in [0.2, 0.25) is 36.3 Å². The van der Waals surface area contributed by atoms with Gasteiger partial charge in [-0.3, -0.25) is 4.90 Å². The van der Waals surface area contributed by atoms with E-state index in [4.69, 9.17) is 18.3 Å². The van der Waals surface area contributed by atoms with E-state index in [1.165, 1.54) is 0 Å². The molecule has 0 spiro atoms. The second-order valence-electron chi connectivity index (χ2n) is 13.2. The van der Waals surface area contributed by atoms with Crippen LogP contribution in [0.15, 0.2) is 0 Å². The van der Waals surface area contributed by atoms with Gasteiger partial charge in [0.25, 0.3) is 0 Å². The highest BCUT2D eigenvalue weighted by Crippen LogP contribution is 2.41. The molecule has 0 N–H and O–H groups in total. The topological polar surface area (TPSA) is 57.2 Å². The smallest absolute Gasteiger partial charge is 0.412 e. The summed E-state index contributed by atoms with van der Waals surface area (Å²) >= 11 is 0. The van der Waals surface area contributed by atoms with Crippen LogP contribution in [-0.2, 0) is 18.3 Å². The first kappa shape index (κ1) is 29.6. The number of carbonyl (C=O) groups excluding carboxylic acids is 1. The van der Waals surface area contributed by atoms with Crippen molar-refractivity contribution in [2.45, 2.75) is 135 Å². The first-order chi connectivity index (χ1) is 14.1. The number of nitrogens with zero attached hydrogens (tertiary/aromatic N) is 1. The molecule has 1 unspecified atom stereocenters. The van der Waals surface area contributed by atoms with Gasteiger partial charge in [0.05, 0.1) is 18.8 Å². The van der Waals surface area contributed by atoms with E-state index in [2.05, 4.69) is 67.7 Å². The maximum atomic E-state index is 13.2. The Morgan fingerprint density at radius 3 is 1.81 bits per heavy atom. The minimum Gasteiger partial charge on any atom is -0.444 e. The molecule has 0 aliphatic carbocycles. The molecule has 1 aliphatic rings. The van der Waals surface area contributed by atoms with Gasteiger partial charge in [-0.15, -0.1) is 0 Å². The minimum atomic E-state index is -2.11. The standard InChI is InChI=1S/C24H51NO5Si2/c1-22(2,3)29-21(26)25-18(15-16-20(25)27-10)19(30-32(13,14)24(7,8)9)17-28-31(11,12)23(4,5)6/h18-20H,15-17H2,1-14H3/t18-,19-,20?/m1/s1. The summed E-state index contributed by atoms with van der Waals surface area (Å²) in [6.45, 7) is 28.6. The van der Waals surface area contributed by atoms with Crippen molar-refractivity contribution in [3.8, 4) is 0 Å². The van der Waals surface area contributed by atoms with E-state index in [1.807, 2.05) is 20.8 Å². The van der Waals surface area contributed by atoms with Crippen LogP contribution in [0, 0.1) is 0 Å². The van der Waals surface area contributed by atoms with Crippen LogP contribution >= 0.6 is 0 Å². The molecule has 1 rings (SSSR count). The van der Waals surface area contributed by atoms with Crippen molar-refractivity contribution in [2.75, 3.05) is 13.7 Å². The molecule has 1 heterocycles. The average Bonchev–Trinajstić information content (AvgIpc) is 2.99. The SMILES string of the molecule is COC1CC[C@H]([C@@H](CO[Si](C)(C)C(C)(C)C)O[Si](C)(C)C(C)(C)C)N1C(=O)OC(C)(C)C. The molecule has 0 radical (unpaired) electrons. The highest BCUT2D eigenvalue weighted by Gasteiger charge is 2.48. The van der Waals surface area contributed by atoms with Crippen LogP contribution in [0.25, 0.3) is 0 Å². The highest BCUT2D eigenvalue weighted by atomic mass is 28.4. The Balaban J connectivity index is 3.29. The van der Waals surface area contributed by atoms with Crippen LogP contribution in [0.1, 0.15) is 75.2 Å². The summed E-state index contributed by atoms with van der Waals surface area (Å²) in [7, 11) is -2.44. The molecular weight excluding hydrogens is 438 g/mol. The molecule has 1 saturated heterocycles. The Morgan fingerprint density at radius 2 is 1.41 bits per heavy atom. The number of hydrogen-bond acceptors (Lipinski definition) is 5. The van der Waals surface area contributed by atoms with Gasteiger partial charge in [-0.1, -0.05) is 41.5 Å². The Kier molecular flexibility index (Phi) is 9.31. The molecule has 0 bridgehead atoms. The Labute approximate surface area is 200 Å². The molecule has 1 aliphatic heterocycles. The normalized spacial score (nSPS) is 22.2. The molecule has 32 heavy (non-hydrogen) atoms. The van der Waals surface area contributed by atoms with E-state index in [0.29, 0.717) is 6.61 Å². The number of methoxy groups -OCH3 is 1. The lowest BCUT2D eigenvalue weighted by atomic mass is 10.1. The highest BCUT2D eigenvalue weighted by molar-refractivity contribution is 6.74.